The quantitative estimate of drug-likeness (QED) is 0.843. The van der Waals surface area contributed by atoms with Crippen molar-refractivity contribution in [3.63, 3.8) is 0 Å². The first-order valence-corrected chi connectivity index (χ1v) is 6.42. The van der Waals surface area contributed by atoms with E-state index in [1.54, 1.807) is 0 Å². The highest BCUT2D eigenvalue weighted by Crippen LogP contribution is 2.14. The molecule has 0 aliphatic carbocycles. The van der Waals surface area contributed by atoms with Crippen molar-refractivity contribution < 1.29 is 0 Å². The summed E-state index contributed by atoms with van der Waals surface area (Å²) in [7, 11) is 4.25. The molecule has 1 aliphatic rings. The molecule has 0 bridgehead atoms. The van der Waals surface area contributed by atoms with Gasteiger partial charge in [-0.05, 0) is 19.7 Å². The Bertz CT molecular complexity index is 317. The molecule has 0 spiro atoms. The van der Waals surface area contributed by atoms with E-state index in [-0.39, 0.29) is 0 Å². The molecule has 1 atom stereocenters. The van der Waals surface area contributed by atoms with Gasteiger partial charge < -0.3 is 10.2 Å². The van der Waals surface area contributed by atoms with Crippen LogP contribution in [-0.2, 0) is 0 Å². The zero-order valence-corrected chi connectivity index (χ0v) is 10.9. The largest absolute Gasteiger partial charge is 0.312 e. The van der Waals surface area contributed by atoms with Crippen LogP contribution in [-0.4, -0.2) is 56.6 Å². The molecule has 1 aromatic rings. The molecule has 1 N–H and O–H groups in total. The molecule has 0 saturated carbocycles. The molecule has 2 rings (SSSR count). The van der Waals surface area contributed by atoms with Crippen molar-refractivity contribution in [3.8, 4) is 0 Å². The highest BCUT2D eigenvalue weighted by molar-refractivity contribution is 5.19. The summed E-state index contributed by atoms with van der Waals surface area (Å²) in [5.41, 5.74) is 1.38. The number of rotatable bonds is 4. The lowest BCUT2D eigenvalue weighted by Crippen LogP contribution is -2.47. The molecule has 1 aromatic carbocycles. The van der Waals surface area contributed by atoms with E-state index in [9.17, 15) is 0 Å². The average Bonchev–Trinajstić information content (AvgIpc) is 2.39. The normalized spacial score (nSPS) is 20.4. The van der Waals surface area contributed by atoms with Crippen molar-refractivity contribution in [1.29, 1.82) is 0 Å². The summed E-state index contributed by atoms with van der Waals surface area (Å²) in [5.74, 6) is 0. The summed E-state index contributed by atoms with van der Waals surface area (Å²) in [6.45, 7) is 5.84. The van der Waals surface area contributed by atoms with Crippen LogP contribution in [0.1, 0.15) is 11.6 Å². The second-order valence-corrected chi connectivity index (χ2v) is 4.86. The zero-order chi connectivity index (χ0) is 12.1. The van der Waals surface area contributed by atoms with Crippen LogP contribution in [0.25, 0.3) is 0 Å². The van der Waals surface area contributed by atoms with E-state index in [0.717, 1.165) is 6.54 Å². The van der Waals surface area contributed by atoms with E-state index in [0.29, 0.717) is 6.04 Å². The lowest BCUT2D eigenvalue weighted by Gasteiger charge is -2.34. The molecule has 3 heteroatoms. The third-order valence-electron chi connectivity index (χ3n) is 3.59. The Labute approximate surface area is 104 Å². The van der Waals surface area contributed by atoms with Crippen LogP contribution in [0, 0.1) is 0 Å². The fourth-order valence-corrected chi connectivity index (χ4v) is 2.34. The molecule has 0 aromatic heterocycles. The Morgan fingerprint density at radius 3 is 2.35 bits per heavy atom. The van der Waals surface area contributed by atoms with Crippen molar-refractivity contribution in [2.45, 2.75) is 6.04 Å². The molecule has 0 amide bonds. The summed E-state index contributed by atoms with van der Waals surface area (Å²) in [6.07, 6.45) is 0. The Hall–Kier alpha value is -0.900. The summed E-state index contributed by atoms with van der Waals surface area (Å²) < 4.78 is 0. The topological polar surface area (TPSA) is 18.5 Å². The fourth-order valence-electron chi connectivity index (χ4n) is 2.34. The minimum Gasteiger partial charge on any atom is -0.312 e. The van der Waals surface area contributed by atoms with Crippen LogP contribution < -0.4 is 5.32 Å². The Morgan fingerprint density at radius 1 is 1.12 bits per heavy atom. The first-order valence-electron chi connectivity index (χ1n) is 6.42. The Morgan fingerprint density at radius 2 is 1.76 bits per heavy atom. The minimum absolute atomic E-state index is 0.444. The number of piperazine rings is 1. The minimum atomic E-state index is 0.444. The van der Waals surface area contributed by atoms with E-state index in [1.807, 2.05) is 7.05 Å². The molecule has 1 heterocycles. The van der Waals surface area contributed by atoms with Crippen molar-refractivity contribution in [1.82, 2.24) is 15.1 Å². The maximum absolute atomic E-state index is 3.42. The van der Waals surface area contributed by atoms with Crippen LogP contribution in [0.3, 0.4) is 0 Å². The van der Waals surface area contributed by atoms with Crippen molar-refractivity contribution in [3.05, 3.63) is 35.9 Å². The summed E-state index contributed by atoms with van der Waals surface area (Å²) in [5, 5.41) is 3.42. The van der Waals surface area contributed by atoms with Gasteiger partial charge in [0.2, 0.25) is 0 Å². The number of benzene rings is 1. The number of likely N-dealkylation sites (N-methyl/N-ethyl adjacent to an activating group) is 2. The van der Waals surface area contributed by atoms with Crippen LogP contribution in [0.4, 0.5) is 0 Å². The van der Waals surface area contributed by atoms with Gasteiger partial charge in [-0.2, -0.15) is 0 Å². The van der Waals surface area contributed by atoms with Crippen LogP contribution >= 0.6 is 0 Å². The first kappa shape index (κ1) is 12.6. The molecule has 0 radical (unpaired) electrons. The maximum atomic E-state index is 3.42. The predicted molar refractivity (Wildman–Crippen MR) is 72.2 cm³/mol. The van der Waals surface area contributed by atoms with E-state index in [4.69, 9.17) is 0 Å². The van der Waals surface area contributed by atoms with Gasteiger partial charge in [-0.25, -0.2) is 0 Å². The number of nitrogens with zero attached hydrogens (tertiary/aromatic N) is 2. The van der Waals surface area contributed by atoms with Crippen molar-refractivity contribution in [2.24, 2.45) is 0 Å². The number of nitrogens with one attached hydrogen (secondary N) is 1. The van der Waals surface area contributed by atoms with E-state index >= 15 is 0 Å². The van der Waals surface area contributed by atoms with Crippen LogP contribution in [0.15, 0.2) is 30.3 Å². The van der Waals surface area contributed by atoms with Crippen LogP contribution in [0.2, 0.25) is 0 Å². The SMILES string of the molecule is CN[C@@H](CN1CCN(C)CC1)c1ccccc1. The third kappa shape index (κ3) is 3.53. The molecule has 1 fully saturated rings. The standard InChI is InChI=1S/C14H23N3/c1-15-14(13-6-4-3-5-7-13)12-17-10-8-16(2)9-11-17/h3-7,14-15H,8-12H2,1-2H3/t14-/m0/s1. The van der Waals surface area contributed by atoms with E-state index in [1.165, 1.54) is 31.7 Å². The van der Waals surface area contributed by atoms with Gasteiger partial charge in [-0.3, -0.25) is 4.90 Å². The predicted octanol–water partition coefficient (Wildman–Crippen LogP) is 1.19. The van der Waals surface area contributed by atoms with E-state index in [2.05, 4.69) is 52.5 Å². The van der Waals surface area contributed by atoms with Gasteiger partial charge in [-0.1, -0.05) is 30.3 Å². The molecule has 17 heavy (non-hydrogen) atoms. The average molecular weight is 233 g/mol. The maximum Gasteiger partial charge on any atom is 0.0446 e. The third-order valence-corrected chi connectivity index (χ3v) is 3.59. The van der Waals surface area contributed by atoms with Gasteiger partial charge >= 0.3 is 0 Å². The molecule has 1 saturated heterocycles. The second-order valence-electron chi connectivity index (χ2n) is 4.86. The van der Waals surface area contributed by atoms with Gasteiger partial charge in [0, 0.05) is 38.8 Å². The number of hydrogen-bond donors (Lipinski definition) is 1. The van der Waals surface area contributed by atoms with Gasteiger partial charge in [0.05, 0.1) is 0 Å². The summed E-state index contributed by atoms with van der Waals surface area (Å²) in [6, 6.07) is 11.2. The monoisotopic (exact) mass is 233 g/mol. The molecular weight excluding hydrogens is 210 g/mol. The van der Waals surface area contributed by atoms with Gasteiger partial charge in [0.15, 0.2) is 0 Å². The van der Waals surface area contributed by atoms with Gasteiger partial charge in [0.1, 0.15) is 0 Å². The fraction of sp³-hybridized carbons (Fsp3) is 0.571. The van der Waals surface area contributed by atoms with Crippen LogP contribution in [0.5, 0.6) is 0 Å². The Balaban J connectivity index is 1.92. The van der Waals surface area contributed by atoms with Crippen molar-refractivity contribution >= 4 is 0 Å². The lowest BCUT2D eigenvalue weighted by atomic mass is 10.1. The summed E-state index contributed by atoms with van der Waals surface area (Å²) in [4.78, 5) is 4.95. The second kappa shape index (κ2) is 6.15. The van der Waals surface area contributed by atoms with Gasteiger partial charge in [-0.15, -0.1) is 0 Å². The Kier molecular flexibility index (Phi) is 4.54. The highest BCUT2D eigenvalue weighted by Gasteiger charge is 2.18. The molecule has 94 valence electrons. The molecule has 3 nitrogen and oxygen atoms in total. The van der Waals surface area contributed by atoms with E-state index < -0.39 is 0 Å². The molecule has 0 unspecified atom stereocenters. The smallest absolute Gasteiger partial charge is 0.0446 e. The molecular formula is C14H23N3. The van der Waals surface area contributed by atoms with Crippen molar-refractivity contribution in [2.75, 3.05) is 46.8 Å². The lowest BCUT2D eigenvalue weighted by molar-refractivity contribution is 0.143. The highest BCUT2D eigenvalue weighted by atomic mass is 15.3. The van der Waals surface area contributed by atoms with Gasteiger partial charge in [0.25, 0.3) is 0 Å². The summed E-state index contributed by atoms with van der Waals surface area (Å²) >= 11 is 0. The molecule has 1 aliphatic heterocycles. The zero-order valence-electron chi connectivity index (χ0n) is 10.9. The number of hydrogen-bond acceptors (Lipinski definition) is 3. The first-order chi connectivity index (χ1) is 8.29.